The van der Waals surface area contributed by atoms with Crippen molar-refractivity contribution >= 4 is 38.9 Å². The maximum Gasteiger partial charge on any atom is 0.232 e. The zero-order chi connectivity index (χ0) is 21.7. The number of hydrogen-bond acceptors (Lipinski definition) is 4. The number of aryl methyl sites for hydroxylation is 1. The molecule has 0 spiro atoms. The molecule has 0 bridgehead atoms. The predicted octanol–water partition coefficient (Wildman–Crippen LogP) is 3.54. The van der Waals surface area contributed by atoms with E-state index in [2.05, 4.69) is 17.0 Å². The summed E-state index contributed by atoms with van der Waals surface area (Å²) in [5.74, 6) is 0.0685. The molecule has 30 heavy (non-hydrogen) atoms. The van der Waals surface area contributed by atoms with Crippen LogP contribution in [-0.4, -0.2) is 58.2 Å². The van der Waals surface area contributed by atoms with Crippen molar-refractivity contribution in [3.63, 3.8) is 0 Å². The number of benzene rings is 2. The minimum absolute atomic E-state index is 0.0685. The molecule has 0 radical (unpaired) electrons. The molecular formula is C22H28ClN3O3S. The lowest BCUT2D eigenvalue weighted by molar-refractivity contribution is -0.131. The van der Waals surface area contributed by atoms with Crippen LogP contribution >= 0.6 is 11.6 Å². The Bertz CT molecular complexity index is 974. The van der Waals surface area contributed by atoms with Crippen LogP contribution in [0.1, 0.15) is 18.4 Å². The van der Waals surface area contributed by atoms with Crippen LogP contribution in [0.3, 0.4) is 0 Å². The van der Waals surface area contributed by atoms with Crippen molar-refractivity contribution < 1.29 is 13.2 Å². The van der Waals surface area contributed by atoms with Gasteiger partial charge < -0.3 is 9.80 Å². The lowest BCUT2D eigenvalue weighted by Crippen LogP contribution is -2.48. The number of carbonyl (C=O) groups excluding carboxylic acids is 1. The first-order valence-corrected chi connectivity index (χ1v) is 12.3. The van der Waals surface area contributed by atoms with E-state index in [9.17, 15) is 13.2 Å². The van der Waals surface area contributed by atoms with Gasteiger partial charge in [-0.05, 0) is 43.2 Å². The quantitative estimate of drug-likeness (QED) is 0.648. The highest BCUT2D eigenvalue weighted by atomic mass is 35.5. The Hall–Kier alpha value is -2.25. The van der Waals surface area contributed by atoms with E-state index in [-0.39, 0.29) is 12.5 Å². The first kappa shape index (κ1) is 22.4. The van der Waals surface area contributed by atoms with Crippen LogP contribution in [-0.2, 0) is 14.8 Å². The third-order valence-electron chi connectivity index (χ3n) is 5.35. The van der Waals surface area contributed by atoms with Gasteiger partial charge in [0.25, 0.3) is 0 Å². The van der Waals surface area contributed by atoms with Crippen molar-refractivity contribution in [1.29, 1.82) is 0 Å². The minimum atomic E-state index is -3.47. The lowest BCUT2D eigenvalue weighted by Gasteiger charge is -2.36. The molecule has 1 saturated heterocycles. The van der Waals surface area contributed by atoms with Gasteiger partial charge in [0.1, 0.15) is 0 Å². The maximum atomic E-state index is 12.6. The van der Waals surface area contributed by atoms with Crippen molar-refractivity contribution in [2.75, 3.05) is 48.2 Å². The van der Waals surface area contributed by atoms with Gasteiger partial charge in [-0.2, -0.15) is 0 Å². The van der Waals surface area contributed by atoms with Crippen LogP contribution in [0, 0.1) is 6.92 Å². The molecule has 0 unspecified atom stereocenters. The minimum Gasteiger partial charge on any atom is -0.368 e. The summed E-state index contributed by atoms with van der Waals surface area (Å²) >= 11 is 6.07. The molecule has 2 aromatic rings. The smallest absolute Gasteiger partial charge is 0.232 e. The molecule has 1 aliphatic rings. The molecule has 0 N–H and O–H groups in total. The Balaban J connectivity index is 1.54. The van der Waals surface area contributed by atoms with Gasteiger partial charge in [0.05, 0.1) is 11.9 Å². The highest BCUT2D eigenvalue weighted by molar-refractivity contribution is 7.92. The Morgan fingerprint density at radius 2 is 1.73 bits per heavy atom. The van der Waals surface area contributed by atoms with Crippen LogP contribution in [0.2, 0.25) is 5.02 Å². The van der Waals surface area contributed by atoms with E-state index in [0.29, 0.717) is 36.6 Å². The van der Waals surface area contributed by atoms with Gasteiger partial charge >= 0.3 is 0 Å². The van der Waals surface area contributed by atoms with Crippen LogP contribution < -0.4 is 9.21 Å². The Morgan fingerprint density at radius 3 is 2.37 bits per heavy atom. The van der Waals surface area contributed by atoms with E-state index in [4.69, 9.17) is 11.6 Å². The van der Waals surface area contributed by atoms with Crippen LogP contribution in [0.4, 0.5) is 11.4 Å². The van der Waals surface area contributed by atoms with Crippen LogP contribution in [0.5, 0.6) is 0 Å². The largest absolute Gasteiger partial charge is 0.368 e. The topological polar surface area (TPSA) is 60.9 Å². The van der Waals surface area contributed by atoms with Crippen LogP contribution in [0.25, 0.3) is 0 Å². The molecular weight excluding hydrogens is 422 g/mol. The number of nitrogens with zero attached hydrogens (tertiary/aromatic N) is 3. The van der Waals surface area contributed by atoms with E-state index in [1.54, 1.807) is 18.2 Å². The Kier molecular flexibility index (Phi) is 7.26. The van der Waals surface area contributed by atoms with Crippen molar-refractivity contribution in [2.24, 2.45) is 0 Å². The number of para-hydroxylation sites is 1. The number of sulfonamides is 1. The number of amides is 1. The average molecular weight is 450 g/mol. The normalized spacial score (nSPS) is 14.6. The summed E-state index contributed by atoms with van der Waals surface area (Å²) in [6, 6.07) is 15.4. The van der Waals surface area contributed by atoms with Crippen molar-refractivity contribution in [3.05, 3.63) is 59.1 Å². The fraction of sp³-hybridized carbons (Fsp3) is 0.409. The first-order chi connectivity index (χ1) is 14.3. The standard InChI is InChI=1S/C22H28ClN3O3S/c1-18-10-11-19(23)17-21(18)26(30(2,28)29)12-6-9-22(27)25-15-13-24(14-16-25)20-7-4-3-5-8-20/h3-5,7-8,10-11,17H,6,9,12-16H2,1-2H3. The third-order valence-corrected chi connectivity index (χ3v) is 6.76. The third kappa shape index (κ3) is 5.67. The number of anilines is 2. The second kappa shape index (κ2) is 9.71. The molecule has 162 valence electrons. The molecule has 1 heterocycles. The van der Waals surface area contributed by atoms with Gasteiger partial charge in [0.15, 0.2) is 0 Å². The lowest BCUT2D eigenvalue weighted by atomic mass is 10.2. The van der Waals surface area contributed by atoms with Gasteiger partial charge in [0.2, 0.25) is 15.9 Å². The summed E-state index contributed by atoms with van der Waals surface area (Å²) in [6.07, 6.45) is 1.95. The number of piperazine rings is 1. The van der Waals surface area contributed by atoms with E-state index in [1.807, 2.05) is 30.0 Å². The molecule has 3 rings (SSSR count). The number of rotatable bonds is 7. The monoisotopic (exact) mass is 449 g/mol. The molecule has 1 fully saturated rings. The predicted molar refractivity (Wildman–Crippen MR) is 123 cm³/mol. The molecule has 8 heteroatoms. The van der Waals surface area contributed by atoms with E-state index in [0.717, 1.165) is 18.7 Å². The van der Waals surface area contributed by atoms with E-state index >= 15 is 0 Å². The zero-order valence-electron chi connectivity index (χ0n) is 17.4. The molecule has 2 aromatic carbocycles. The van der Waals surface area contributed by atoms with E-state index < -0.39 is 10.0 Å². The fourth-order valence-electron chi connectivity index (χ4n) is 3.70. The fourth-order valence-corrected chi connectivity index (χ4v) is 4.88. The number of halogens is 1. The van der Waals surface area contributed by atoms with Crippen molar-refractivity contribution in [1.82, 2.24) is 4.90 Å². The summed E-state index contributed by atoms with van der Waals surface area (Å²) in [5, 5.41) is 0.483. The maximum absolute atomic E-state index is 12.6. The Morgan fingerprint density at radius 1 is 1.07 bits per heavy atom. The highest BCUT2D eigenvalue weighted by Gasteiger charge is 2.23. The average Bonchev–Trinajstić information content (AvgIpc) is 2.73. The Labute approximate surface area is 184 Å². The molecule has 6 nitrogen and oxygen atoms in total. The summed E-state index contributed by atoms with van der Waals surface area (Å²) < 4.78 is 26.0. The van der Waals surface area contributed by atoms with Gasteiger partial charge in [0, 0.05) is 49.9 Å². The van der Waals surface area contributed by atoms with Gasteiger partial charge in [-0.15, -0.1) is 0 Å². The summed E-state index contributed by atoms with van der Waals surface area (Å²) in [7, 11) is -3.47. The van der Waals surface area contributed by atoms with Gasteiger partial charge in [-0.3, -0.25) is 9.10 Å². The molecule has 0 aromatic heterocycles. The van der Waals surface area contributed by atoms with E-state index in [1.165, 1.54) is 16.2 Å². The molecule has 0 aliphatic carbocycles. The second-order valence-corrected chi connectivity index (χ2v) is 9.92. The SMILES string of the molecule is Cc1ccc(Cl)cc1N(CCCC(=O)N1CCN(c2ccccc2)CC1)S(C)(=O)=O. The molecule has 0 saturated carbocycles. The summed E-state index contributed by atoms with van der Waals surface area (Å²) in [5.41, 5.74) is 2.56. The highest BCUT2D eigenvalue weighted by Crippen LogP contribution is 2.26. The van der Waals surface area contributed by atoms with Gasteiger partial charge in [-0.25, -0.2) is 8.42 Å². The van der Waals surface area contributed by atoms with Crippen LogP contribution in [0.15, 0.2) is 48.5 Å². The first-order valence-electron chi connectivity index (χ1n) is 10.1. The summed E-state index contributed by atoms with van der Waals surface area (Å²) in [6.45, 7) is 5.05. The summed E-state index contributed by atoms with van der Waals surface area (Å²) in [4.78, 5) is 16.8. The molecule has 1 amide bonds. The van der Waals surface area contributed by atoms with Crippen molar-refractivity contribution in [3.8, 4) is 0 Å². The second-order valence-electron chi connectivity index (χ2n) is 7.57. The molecule has 1 aliphatic heterocycles. The van der Waals surface area contributed by atoms with Gasteiger partial charge in [-0.1, -0.05) is 35.9 Å². The number of hydrogen-bond donors (Lipinski definition) is 0. The molecule has 0 atom stereocenters. The zero-order valence-corrected chi connectivity index (χ0v) is 19.0. The van der Waals surface area contributed by atoms with Crippen molar-refractivity contribution in [2.45, 2.75) is 19.8 Å². The number of carbonyl (C=O) groups is 1.